The number of hydrogen-bond acceptors (Lipinski definition) is 4. The van der Waals surface area contributed by atoms with Crippen molar-refractivity contribution in [1.82, 2.24) is 9.36 Å². The quantitative estimate of drug-likeness (QED) is 0.387. The molecule has 0 saturated carbocycles. The fraction of sp³-hybridized carbons (Fsp3) is 0.207. The first-order chi connectivity index (χ1) is 17.7. The van der Waals surface area contributed by atoms with Gasteiger partial charge in [0, 0.05) is 18.3 Å². The molecule has 190 valence electrons. The lowest BCUT2D eigenvalue weighted by Crippen LogP contribution is -2.23. The second-order valence-corrected chi connectivity index (χ2v) is 9.04. The summed E-state index contributed by atoms with van der Waals surface area (Å²) in [7, 11) is 1.76. The van der Waals surface area contributed by atoms with E-state index in [2.05, 4.69) is 10.6 Å². The Kier molecular flexibility index (Phi) is 7.29. The molecule has 0 saturated heterocycles. The number of ether oxygens (including phenoxy) is 1. The number of carbonyl (C=O) groups is 2. The molecule has 0 bridgehead atoms. The molecule has 4 aromatic rings. The summed E-state index contributed by atoms with van der Waals surface area (Å²) in [5, 5.41) is 5.50. The first kappa shape index (κ1) is 25.5. The number of carbonyl (C=O) groups excluding carboxylic acids is 2. The van der Waals surface area contributed by atoms with E-state index in [9.17, 15) is 14.4 Å². The van der Waals surface area contributed by atoms with Gasteiger partial charge in [-0.1, -0.05) is 42.0 Å². The zero-order chi connectivity index (χ0) is 26.7. The molecule has 0 aliphatic rings. The van der Waals surface area contributed by atoms with Crippen molar-refractivity contribution in [3.8, 4) is 11.4 Å². The number of aryl methyl sites for hydroxylation is 3. The van der Waals surface area contributed by atoms with Gasteiger partial charge in [-0.05, 0) is 69.2 Å². The van der Waals surface area contributed by atoms with Crippen molar-refractivity contribution in [1.29, 1.82) is 0 Å². The SMILES string of the molecule is Cc1cc(C)c(OCC(=O)Nc2cccc(C(=O)Nc3c(C)n(C)n(-c4ccccc4)c3=O)c2)c(C)c1. The molecule has 0 aliphatic heterocycles. The van der Waals surface area contributed by atoms with E-state index in [1.165, 1.54) is 4.68 Å². The van der Waals surface area contributed by atoms with Gasteiger partial charge in [0.05, 0.1) is 11.4 Å². The molecule has 1 heterocycles. The molecule has 2 amide bonds. The number of benzene rings is 3. The molecule has 0 fully saturated rings. The Bertz CT molecular complexity index is 1510. The van der Waals surface area contributed by atoms with Gasteiger partial charge in [-0.2, -0.15) is 0 Å². The van der Waals surface area contributed by atoms with Crippen LogP contribution in [0.2, 0.25) is 0 Å². The van der Waals surface area contributed by atoms with Crippen LogP contribution in [0.3, 0.4) is 0 Å². The van der Waals surface area contributed by atoms with Crippen LogP contribution in [-0.4, -0.2) is 27.8 Å². The maximum Gasteiger partial charge on any atom is 0.295 e. The van der Waals surface area contributed by atoms with E-state index < -0.39 is 5.91 Å². The lowest BCUT2D eigenvalue weighted by atomic mass is 10.1. The number of anilines is 2. The van der Waals surface area contributed by atoms with E-state index in [-0.39, 0.29) is 23.8 Å². The summed E-state index contributed by atoms with van der Waals surface area (Å²) in [4.78, 5) is 38.7. The van der Waals surface area contributed by atoms with E-state index in [0.29, 0.717) is 28.4 Å². The summed E-state index contributed by atoms with van der Waals surface area (Å²) >= 11 is 0. The number of amides is 2. The monoisotopic (exact) mass is 498 g/mol. The van der Waals surface area contributed by atoms with E-state index in [4.69, 9.17) is 4.74 Å². The maximum atomic E-state index is 13.1. The molecular weight excluding hydrogens is 468 g/mol. The van der Waals surface area contributed by atoms with Gasteiger partial charge in [0.2, 0.25) is 0 Å². The molecule has 1 aromatic heterocycles. The van der Waals surface area contributed by atoms with E-state index in [0.717, 1.165) is 16.7 Å². The molecule has 0 aliphatic carbocycles. The zero-order valence-corrected chi connectivity index (χ0v) is 21.6. The largest absolute Gasteiger partial charge is 0.483 e. The fourth-order valence-electron chi connectivity index (χ4n) is 4.37. The van der Waals surface area contributed by atoms with Gasteiger partial charge in [-0.15, -0.1) is 0 Å². The number of aromatic nitrogens is 2. The van der Waals surface area contributed by atoms with Crippen LogP contribution in [0.15, 0.2) is 71.5 Å². The van der Waals surface area contributed by atoms with Gasteiger partial charge in [0.25, 0.3) is 17.4 Å². The maximum absolute atomic E-state index is 13.1. The molecule has 4 rings (SSSR count). The van der Waals surface area contributed by atoms with Crippen molar-refractivity contribution >= 4 is 23.2 Å². The third-order valence-corrected chi connectivity index (χ3v) is 6.15. The molecule has 2 N–H and O–H groups in total. The van der Waals surface area contributed by atoms with Crippen LogP contribution in [-0.2, 0) is 11.8 Å². The normalized spacial score (nSPS) is 10.7. The topological polar surface area (TPSA) is 94.4 Å². The highest BCUT2D eigenvalue weighted by molar-refractivity contribution is 6.05. The van der Waals surface area contributed by atoms with Crippen molar-refractivity contribution in [3.63, 3.8) is 0 Å². The predicted octanol–water partition coefficient (Wildman–Crippen LogP) is 4.68. The minimum absolute atomic E-state index is 0.163. The highest BCUT2D eigenvalue weighted by Crippen LogP contribution is 2.24. The van der Waals surface area contributed by atoms with Gasteiger partial charge in [-0.3, -0.25) is 19.1 Å². The molecule has 37 heavy (non-hydrogen) atoms. The predicted molar refractivity (Wildman–Crippen MR) is 145 cm³/mol. The van der Waals surface area contributed by atoms with Crippen LogP contribution in [0.1, 0.15) is 32.7 Å². The van der Waals surface area contributed by atoms with Crippen LogP contribution in [0.4, 0.5) is 11.4 Å². The number of para-hydroxylation sites is 1. The number of nitrogens with zero attached hydrogens (tertiary/aromatic N) is 2. The lowest BCUT2D eigenvalue weighted by Gasteiger charge is -2.13. The average molecular weight is 499 g/mol. The van der Waals surface area contributed by atoms with Crippen LogP contribution >= 0.6 is 0 Å². The Balaban J connectivity index is 1.46. The Labute approximate surface area is 215 Å². The van der Waals surface area contributed by atoms with E-state index in [1.54, 1.807) is 42.9 Å². The summed E-state index contributed by atoms with van der Waals surface area (Å²) < 4.78 is 8.95. The summed E-state index contributed by atoms with van der Waals surface area (Å²) in [5.74, 6) is -0.112. The third-order valence-electron chi connectivity index (χ3n) is 6.15. The molecule has 0 radical (unpaired) electrons. The van der Waals surface area contributed by atoms with Gasteiger partial charge >= 0.3 is 0 Å². The second-order valence-electron chi connectivity index (χ2n) is 9.04. The molecule has 3 aromatic carbocycles. The van der Waals surface area contributed by atoms with Crippen molar-refractivity contribution in [3.05, 3.63) is 105 Å². The first-order valence-electron chi connectivity index (χ1n) is 11.9. The van der Waals surface area contributed by atoms with E-state index >= 15 is 0 Å². The van der Waals surface area contributed by atoms with Crippen molar-refractivity contribution in [2.45, 2.75) is 27.7 Å². The van der Waals surface area contributed by atoms with Gasteiger partial charge in [0.1, 0.15) is 11.4 Å². The Hall–Kier alpha value is -4.59. The second kappa shape index (κ2) is 10.6. The smallest absolute Gasteiger partial charge is 0.295 e. The van der Waals surface area contributed by atoms with Gasteiger partial charge in [0.15, 0.2) is 6.61 Å². The zero-order valence-electron chi connectivity index (χ0n) is 21.6. The molecule has 8 heteroatoms. The molecule has 0 spiro atoms. The van der Waals surface area contributed by atoms with Crippen molar-refractivity contribution in [2.24, 2.45) is 7.05 Å². The van der Waals surface area contributed by atoms with Crippen molar-refractivity contribution < 1.29 is 14.3 Å². The molecule has 8 nitrogen and oxygen atoms in total. The fourth-order valence-corrected chi connectivity index (χ4v) is 4.37. The average Bonchev–Trinajstić information content (AvgIpc) is 3.07. The Morgan fingerprint density at radius 1 is 0.865 bits per heavy atom. The third kappa shape index (κ3) is 5.48. The molecule has 0 unspecified atom stereocenters. The number of hydrogen-bond donors (Lipinski definition) is 2. The summed E-state index contributed by atoms with van der Waals surface area (Å²) in [6.45, 7) is 7.50. The highest BCUT2D eigenvalue weighted by Gasteiger charge is 2.19. The Morgan fingerprint density at radius 3 is 2.22 bits per heavy atom. The van der Waals surface area contributed by atoms with Gasteiger partial charge < -0.3 is 15.4 Å². The highest BCUT2D eigenvalue weighted by atomic mass is 16.5. The Morgan fingerprint density at radius 2 is 1.54 bits per heavy atom. The summed E-state index contributed by atoms with van der Waals surface area (Å²) in [5.41, 5.74) is 4.99. The summed E-state index contributed by atoms with van der Waals surface area (Å²) in [6.07, 6.45) is 0. The molecular formula is C29H30N4O4. The number of rotatable bonds is 7. The lowest BCUT2D eigenvalue weighted by molar-refractivity contribution is -0.118. The van der Waals surface area contributed by atoms with Crippen molar-refractivity contribution in [2.75, 3.05) is 17.2 Å². The van der Waals surface area contributed by atoms with Crippen LogP contribution < -0.4 is 20.9 Å². The first-order valence-corrected chi connectivity index (χ1v) is 11.9. The number of nitrogens with one attached hydrogen (secondary N) is 2. The molecule has 0 atom stereocenters. The minimum Gasteiger partial charge on any atom is -0.483 e. The van der Waals surface area contributed by atoms with Crippen LogP contribution in [0, 0.1) is 27.7 Å². The van der Waals surface area contributed by atoms with Gasteiger partial charge in [-0.25, -0.2) is 4.68 Å². The van der Waals surface area contributed by atoms with Crippen LogP contribution in [0.5, 0.6) is 5.75 Å². The van der Waals surface area contributed by atoms with E-state index in [1.807, 2.05) is 63.2 Å². The minimum atomic E-state index is -0.454. The van der Waals surface area contributed by atoms with Crippen LogP contribution in [0.25, 0.3) is 5.69 Å². The standard InChI is InChI=1S/C29H30N4O4/c1-18-14-19(2)27(20(3)15-18)37-17-25(34)30-23-11-9-10-22(16-23)28(35)31-26-21(4)32(5)33(29(26)36)24-12-7-6-8-13-24/h6-16H,17H2,1-5H3,(H,30,34)(H,31,35). The summed E-state index contributed by atoms with van der Waals surface area (Å²) in [6, 6.07) is 19.7.